The Morgan fingerprint density at radius 1 is 1.26 bits per heavy atom. The molecule has 9 heteroatoms. The molecule has 2 aromatic heterocycles. The van der Waals surface area contributed by atoms with E-state index in [1.807, 2.05) is 30.3 Å². The summed E-state index contributed by atoms with van der Waals surface area (Å²) in [6, 6.07) is 7.70. The molecule has 0 saturated carbocycles. The minimum absolute atomic E-state index is 0.105. The van der Waals surface area contributed by atoms with Crippen molar-refractivity contribution < 1.29 is 8.42 Å². The van der Waals surface area contributed by atoms with Crippen molar-refractivity contribution >= 4 is 32.4 Å². The van der Waals surface area contributed by atoms with Crippen LogP contribution in [0, 0.1) is 0 Å². The van der Waals surface area contributed by atoms with Gasteiger partial charge in [-0.25, -0.2) is 23.4 Å². The third kappa shape index (κ3) is 3.31. The molecule has 0 spiro atoms. The van der Waals surface area contributed by atoms with Crippen LogP contribution in [0.1, 0.15) is 19.0 Å². The van der Waals surface area contributed by atoms with Gasteiger partial charge < -0.3 is 10.7 Å². The van der Waals surface area contributed by atoms with Gasteiger partial charge in [-0.2, -0.15) is 4.31 Å². The Balaban J connectivity index is 1.67. The van der Waals surface area contributed by atoms with Crippen LogP contribution in [-0.2, 0) is 10.0 Å². The van der Waals surface area contributed by atoms with E-state index in [0.717, 1.165) is 16.6 Å². The van der Waals surface area contributed by atoms with E-state index in [1.54, 1.807) is 13.1 Å². The van der Waals surface area contributed by atoms with Gasteiger partial charge in [0.15, 0.2) is 11.6 Å². The third-order valence-electron chi connectivity index (χ3n) is 4.67. The Bertz CT molecular complexity index is 1100. The van der Waals surface area contributed by atoms with Crippen molar-refractivity contribution in [1.82, 2.24) is 24.2 Å². The van der Waals surface area contributed by atoms with Crippen molar-refractivity contribution in [3.8, 4) is 11.5 Å². The van der Waals surface area contributed by atoms with Gasteiger partial charge in [0.25, 0.3) is 0 Å². The molecular formula is C18H20N6O2S. The van der Waals surface area contributed by atoms with E-state index in [2.05, 4.69) is 19.9 Å². The summed E-state index contributed by atoms with van der Waals surface area (Å²) in [4.78, 5) is 16.7. The summed E-state index contributed by atoms with van der Waals surface area (Å²) in [5.41, 5.74) is 9.90. The highest BCUT2D eigenvalue weighted by atomic mass is 32.2. The van der Waals surface area contributed by atoms with E-state index in [0.29, 0.717) is 42.5 Å². The van der Waals surface area contributed by atoms with Gasteiger partial charge in [0.05, 0.1) is 28.7 Å². The number of aromatic amines is 1. The van der Waals surface area contributed by atoms with Gasteiger partial charge in [-0.3, -0.25) is 0 Å². The largest absolute Gasteiger partial charge is 0.382 e. The molecule has 4 rings (SSSR count). The number of hydrogen-bond acceptors (Lipinski definition) is 6. The minimum atomic E-state index is -3.18. The lowest BCUT2D eigenvalue weighted by Crippen LogP contribution is -2.35. The molecule has 0 unspecified atom stereocenters. The quantitative estimate of drug-likeness (QED) is 0.711. The van der Waals surface area contributed by atoms with Crippen molar-refractivity contribution in [2.45, 2.75) is 13.3 Å². The van der Waals surface area contributed by atoms with Crippen LogP contribution in [0.25, 0.3) is 28.1 Å². The number of nitrogens with two attached hydrogens (primary N) is 1. The molecule has 1 aromatic carbocycles. The zero-order chi connectivity index (χ0) is 19.0. The fourth-order valence-electron chi connectivity index (χ4n) is 3.11. The van der Waals surface area contributed by atoms with E-state index < -0.39 is 10.0 Å². The maximum atomic E-state index is 12.0. The molecule has 0 radical (unpaired) electrons. The molecule has 1 aliphatic heterocycles. The average molecular weight is 384 g/mol. The van der Waals surface area contributed by atoms with Crippen molar-refractivity contribution in [3.63, 3.8) is 0 Å². The summed E-state index contributed by atoms with van der Waals surface area (Å²) >= 11 is 0. The van der Waals surface area contributed by atoms with Crippen LogP contribution in [0.15, 0.2) is 36.5 Å². The summed E-state index contributed by atoms with van der Waals surface area (Å²) in [6.45, 7) is 2.44. The number of sulfonamides is 1. The van der Waals surface area contributed by atoms with Crippen LogP contribution in [0.4, 0.5) is 5.82 Å². The molecule has 0 fully saturated rings. The van der Waals surface area contributed by atoms with Gasteiger partial charge in [0.2, 0.25) is 10.0 Å². The molecule has 140 valence electrons. The smallest absolute Gasteiger partial charge is 0.214 e. The second-order valence-corrected chi connectivity index (χ2v) is 8.59. The van der Waals surface area contributed by atoms with E-state index in [4.69, 9.17) is 5.73 Å². The number of imidazole rings is 1. The molecule has 8 nitrogen and oxygen atoms in total. The zero-order valence-electron chi connectivity index (χ0n) is 14.9. The van der Waals surface area contributed by atoms with Gasteiger partial charge in [-0.05, 0) is 31.1 Å². The highest BCUT2D eigenvalue weighted by Crippen LogP contribution is 2.27. The summed E-state index contributed by atoms with van der Waals surface area (Å²) in [5, 5.41) is 0. The van der Waals surface area contributed by atoms with Crippen LogP contribution in [-0.4, -0.2) is 51.5 Å². The minimum Gasteiger partial charge on any atom is -0.382 e. The molecule has 3 N–H and O–H groups in total. The van der Waals surface area contributed by atoms with Crippen LogP contribution in [0.2, 0.25) is 0 Å². The second-order valence-electron chi connectivity index (χ2n) is 6.33. The Labute approximate surface area is 157 Å². The SMILES string of the molecule is CCS(=O)(=O)N1CC=C(c2cnc(N)c(-c3nc4ccccc4[nH]3)n2)CC1. The molecule has 3 aromatic rings. The van der Waals surface area contributed by atoms with Crippen molar-refractivity contribution in [3.05, 3.63) is 42.2 Å². The Hall–Kier alpha value is -2.78. The van der Waals surface area contributed by atoms with Crippen LogP contribution in [0.3, 0.4) is 0 Å². The van der Waals surface area contributed by atoms with Gasteiger partial charge in [-0.1, -0.05) is 18.2 Å². The Morgan fingerprint density at radius 2 is 2.07 bits per heavy atom. The van der Waals surface area contributed by atoms with Gasteiger partial charge in [-0.15, -0.1) is 0 Å². The van der Waals surface area contributed by atoms with Crippen LogP contribution in [0.5, 0.6) is 0 Å². The molecule has 0 amide bonds. The number of anilines is 1. The second kappa shape index (κ2) is 6.75. The number of aromatic nitrogens is 4. The van der Waals surface area contributed by atoms with Gasteiger partial charge >= 0.3 is 0 Å². The number of benzene rings is 1. The monoisotopic (exact) mass is 384 g/mol. The molecular weight excluding hydrogens is 364 g/mol. The van der Waals surface area contributed by atoms with Gasteiger partial charge in [0.1, 0.15) is 5.69 Å². The predicted molar refractivity (Wildman–Crippen MR) is 105 cm³/mol. The van der Waals surface area contributed by atoms with Crippen LogP contribution >= 0.6 is 0 Å². The topological polar surface area (TPSA) is 118 Å². The van der Waals surface area contributed by atoms with E-state index in [9.17, 15) is 8.42 Å². The highest BCUT2D eigenvalue weighted by molar-refractivity contribution is 7.89. The maximum Gasteiger partial charge on any atom is 0.214 e. The summed E-state index contributed by atoms with van der Waals surface area (Å²) in [6.07, 6.45) is 4.09. The lowest BCUT2D eigenvalue weighted by atomic mass is 10.1. The number of H-pyrrole nitrogens is 1. The highest BCUT2D eigenvalue weighted by Gasteiger charge is 2.23. The molecule has 27 heavy (non-hydrogen) atoms. The zero-order valence-corrected chi connectivity index (χ0v) is 15.7. The fourth-order valence-corrected chi connectivity index (χ4v) is 4.15. The predicted octanol–water partition coefficient (Wildman–Crippen LogP) is 2.04. The Kier molecular flexibility index (Phi) is 4.40. The number of nitrogen functional groups attached to an aromatic ring is 1. The van der Waals surface area contributed by atoms with Crippen LogP contribution < -0.4 is 5.73 Å². The normalized spacial score (nSPS) is 15.8. The number of nitrogens with one attached hydrogen (secondary N) is 1. The number of para-hydroxylation sites is 2. The molecule has 0 aliphatic carbocycles. The first-order valence-corrected chi connectivity index (χ1v) is 10.3. The molecule has 3 heterocycles. The average Bonchev–Trinajstić information content (AvgIpc) is 3.12. The first-order chi connectivity index (χ1) is 13.0. The first kappa shape index (κ1) is 17.6. The van der Waals surface area contributed by atoms with E-state index in [1.165, 1.54) is 4.31 Å². The molecule has 0 saturated heterocycles. The van der Waals surface area contributed by atoms with Crippen molar-refractivity contribution in [2.75, 3.05) is 24.6 Å². The van der Waals surface area contributed by atoms with Gasteiger partial charge in [0, 0.05) is 13.1 Å². The van der Waals surface area contributed by atoms with E-state index >= 15 is 0 Å². The summed E-state index contributed by atoms with van der Waals surface area (Å²) < 4.78 is 25.5. The van der Waals surface area contributed by atoms with E-state index in [-0.39, 0.29) is 5.75 Å². The number of nitrogens with zero attached hydrogens (tertiary/aromatic N) is 4. The number of fused-ring (bicyclic) bond motifs is 1. The standard InChI is InChI=1S/C18H20N6O2S/c1-2-27(25,26)24-9-7-12(8-10-24)15-11-20-17(19)16(21-15)18-22-13-5-3-4-6-14(13)23-18/h3-7,11H,2,8-10H2,1H3,(H2,19,20)(H,22,23). The third-order valence-corrected chi connectivity index (χ3v) is 6.52. The van der Waals surface area contributed by atoms with Crippen molar-refractivity contribution in [2.24, 2.45) is 0 Å². The molecule has 1 aliphatic rings. The summed E-state index contributed by atoms with van der Waals surface area (Å²) in [5.74, 6) is 0.965. The lowest BCUT2D eigenvalue weighted by molar-refractivity contribution is 0.442. The maximum absolute atomic E-state index is 12.0. The Morgan fingerprint density at radius 3 is 2.78 bits per heavy atom. The number of rotatable bonds is 4. The summed E-state index contributed by atoms with van der Waals surface area (Å²) in [7, 11) is -3.18. The van der Waals surface area contributed by atoms with Crippen molar-refractivity contribution in [1.29, 1.82) is 0 Å². The number of hydrogen-bond donors (Lipinski definition) is 2. The fraction of sp³-hybridized carbons (Fsp3) is 0.278. The first-order valence-electron chi connectivity index (χ1n) is 8.73. The lowest BCUT2D eigenvalue weighted by Gasteiger charge is -2.25. The molecule has 0 bridgehead atoms. The molecule has 0 atom stereocenters.